The predicted octanol–water partition coefficient (Wildman–Crippen LogP) is -0.256. The molecule has 0 bridgehead atoms. The molecule has 0 saturated carbocycles. The average Bonchev–Trinajstić information content (AvgIpc) is 2.46. The monoisotopic (exact) mass is 246 g/mol. The van der Waals surface area contributed by atoms with Crippen LogP contribution in [-0.4, -0.2) is 30.6 Å². The van der Waals surface area contributed by atoms with Crippen molar-refractivity contribution in [2.75, 3.05) is 6.54 Å². The summed E-state index contributed by atoms with van der Waals surface area (Å²) in [7, 11) is -1.74. The number of hydrogen-bond acceptors (Lipinski definition) is 4. The van der Waals surface area contributed by atoms with E-state index in [4.69, 9.17) is 5.73 Å². The Kier molecular flexibility index (Phi) is 4.06. The zero-order valence-electron chi connectivity index (χ0n) is 9.77. The largest absolute Gasteiger partial charge is 0.337 e. The Morgan fingerprint density at radius 3 is 2.69 bits per heavy atom. The fourth-order valence-corrected chi connectivity index (χ4v) is 2.23. The van der Waals surface area contributed by atoms with E-state index in [2.05, 4.69) is 9.71 Å². The van der Waals surface area contributed by atoms with Gasteiger partial charge in [0, 0.05) is 25.8 Å². The molecule has 0 radical (unpaired) electrons. The maximum absolute atomic E-state index is 11.8. The number of aromatic nitrogens is 2. The minimum atomic E-state index is -3.50. The lowest BCUT2D eigenvalue weighted by molar-refractivity contribution is 0.568. The lowest BCUT2D eigenvalue weighted by atomic mass is 10.3. The van der Waals surface area contributed by atoms with Gasteiger partial charge < -0.3 is 10.3 Å². The number of imidazole rings is 1. The second kappa shape index (κ2) is 4.94. The molecule has 1 atom stereocenters. The van der Waals surface area contributed by atoms with Gasteiger partial charge in [0.15, 0.2) is 5.03 Å². The van der Waals surface area contributed by atoms with Crippen LogP contribution in [0, 0.1) is 6.92 Å². The lowest BCUT2D eigenvalue weighted by Gasteiger charge is -2.06. The quantitative estimate of drug-likeness (QED) is 0.749. The van der Waals surface area contributed by atoms with Gasteiger partial charge in [0.25, 0.3) is 10.0 Å². The van der Waals surface area contributed by atoms with Crippen LogP contribution in [0.4, 0.5) is 0 Å². The highest BCUT2D eigenvalue weighted by Crippen LogP contribution is 2.07. The maximum atomic E-state index is 11.8. The highest BCUT2D eigenvalue weighted by molar-refractivity contribution is 7.89. The first kappa shape index (κ1) is 13.1. The lowest BCUT2D eigenvalue weighted by Crippen LogP contribution is -2.29. The van der Waals surface area contributed by atoms with Gasteiger partial charge in [-0.15, -0.1) is 0 Å². The van der Waals surface area contributed by atoms with Crippen molar-refractivity contribution in [2.45, 2.75) is 31.3 Å². The van der Waals surface area contributed by atoms with Crippen molar-refractivity contribution in [1.29, 1.82) is 0 Å². The maximum Gasteiger partial charge on any atom is 0.259 e. The van der Waals surface area contributed by atoms with Gasteiger partial charge >= 0.3 is 0 Å². The molecule has 0 spiro atoms. The standard InChI is InChI=1S/C9H18N4O2S/c1-7(10)4-5-11-16(14,15)9-6-13(3)8(2)12-9/h6-7,11H,4-5,10H2,1-3H3. The van der Waals surface area contributed by atoms with Crippen LogP contribution in [0.1, 0.15) is 19.2 Å². The summed E-state index contributed by atoms with van der Waals surface area (Å²) in [6.45, 7) is 3.91. The third-order valence-electron chi connectivity index (χ3n) is 2.25. The van der Waals surface area contributed by atoms with E-state index in [1.54, 1.807) is 18.5 Å². The third-order valence-corrected chi connectivity index (χ3v) is 3.59. The normalized spacial score (nSPS) is 14.0. The molecule has 92 valence electrons. The summed E-state index contributed by atoms with van der Waals surface area (Å²) in [5.74, 6) is 0.660. The fraction of sp³-hybridized carbons (Fsp3) is 0.667. The molecule has 0 saturated heterocycles. The summed E-state index contributed by atoms with van der Waals surface area (Å²) in [6, 6.07) is -0.0202. The fourth-order valence-electron chi connectivity index (χ4n) is 1.15. The number of sulfonamides is 1. The van der Waals surface area contributed by atoms with Crippen molar-refractivity contribution >= 4 is 10.0 Å². The topological polar surface area (TPSA) is 90.0 Å². The van der Waals surface area contributed by atoms with Crippen LogP contribution >= 0.6 is 0 Å². The van der Waals surface area contributed by atoms with Crippen molar-refractivity contribution in [3.05, 3.63) is 12.0 Å². The average molecular weight is 246 g/mol. The van der Waals surface area contributed by atoms with Crippen LogP contribution in [0.25, 0.3) is 0 Å². The first-order valence-electron chi connectivity index (χ1n) is 5.08. The van der Waals surface area contributed by atoms with Crippen molar-refractivity contribution in [3.8, 4) is 0 Å². The molecule has 6 nitrogen and oxygen atoms in total. The molecule has 0 fully saturated rings. The van der Waals surface area contributed by atoms with Crippen molar-refractivity contribution in [3.63, 3.8) is 0 Å². The summed E-state index contributed by atoms with van der Waals surface area (Å²) in [4.78, 5) is 3.96. The molecule has 16 heavy (non-hydrogen) atoms. The van der Waals surface area contributed by atoms with Crippen LogP contribution in [0.5, 0.6) is 0 Å². The number of nitrogens with one attached hydrogen (secondary N) is 1. The summed E-state index contributed by atoms with van der Waals surface area (Å²) in [6.07, 6.45) is 2.09. The van der Waals surface area contributed by atoms with E-state index in [-0.39, 0.29) is 11.1 Å². The van der Waals surface area contributed by atoms with Gasteiger partial charge in [0.05, 0.1) is 0 Å². The Labute approximate surface area is 95.9 Å². The second-order valence-corrected chi connectivity index (χ2v) is 5.61. The van der Waals surface area contributed by atoms with Crippen LogP contribution in [0.15, 0.2) is 11.2 Å². The summed E-state index contributed by atoms with van der Waals surface area (Å²) in [5.41, 5.74) is 5.53. The number of nitrogens with zero attached hydrogens (tertiary/aromatic N) is 2. The van der Waals surface area contributed by atoms with E-state index in [9.17, 15) is 8.42 Å². The molecule has 1 aromatic rings. The van der Waals surface area contributed by atoms with Gasteiger partial charge in [-0.1, -0.05) is 0 Å². The first-order valence-corrected chi connectivity index (χ1v) is 6.56. The summed E-state index contributed by atoms with van der Waals surface area (Å²) < 4.78 is 27.6. The molecular formula is C9H18N4O2S. The van der Waals surface area contributed by atoms with Gasteiger partial charge in [0.1, 0.15) is 5.82 Å². The van der Waals surface area contributed by atoms with Crippen LogP contribution in [-0.2, 0) is 17.1 Å². The molecular weight excluding hydrogens is 228 g/mol. The van der Waals surface area contributed by atoms with Crippen molar-refractivity contribution in [2.24, 2.45) is 12.8 Å². The minimum Gasteiger partial charge on any atom is -0.337 e. The SMILES string of the molecule is Cc1nc(S(=O)(=O)NCCC(C)N)cn1C. The van der Waals surface area contributed by atoms with E-state index >= 15 is 0 Å². The molecule has 0 aliphatic heterocycles. The van der Waals surface area contributed by atoms with Crippen LogP contribution < -0.4 is 10.5 Å². The third kappa shape index (κ3) is 3.29. The van der Waals surface area contributed by atoms with E-state index in [0.29, 0.717) is 18.8 Å². The second-order valence-electron chi connectivity index (χ2n) is 3.90. The molecule has 0 aliphatic carbocycles. The molecule has 0 aliphatic rings. The highest BCUT2D eigenvalue weighted by Gasteiger charge is 2.17. The van der Waals surface area contributed by atoms with Crippen LogP contribution in [0.3, 0.4) is 0 Å². The molecule has 0 aromatic carbocycles. The minimum absolute atomic E-state index is 0.0202. The highest BCUT2D eigenvalue weighted by atomic mass is 32.2. The molecule has 3 N–H and O–H groups in total. The Morgan fingerprint density at radius 2 is 2.25 bits per heavy atom. The van der Waals surface area contributed by atoms with Gasteiger partial charge in [-0.05, 0) is 20.3 Å². The Balaban J connectivity index is 2.71. The van der Waals surface area contributed by atoms with E-state index in [1.165, 1.54) is 6.20 Å². The van der Waals surface area contributed by atoms with Gasteiger partial charge in [-0.3, -0.25) is 0 Å². The zero-order valence-corrected chi connectivity index (χ0v) is 10.6. The summed E-state index contributed by atoms with van der Waals surface area (Å²) >= 11 is 0. The number of hydrogen-bond donors (Lipinski definition) is 2. The van der Waals surface area contributed by atoms with Gasteiger partial charge in [-0.25, -0.2) is 18.1 Å². The van der Waals surface area contributed by atoms with Crippen LogP contribution in [0.2, 0.25) is 0 Å². The smallest absolute Gasteiger partial charge is 0.259 e. The zero-order chi connectivity index (χ0) is 12.3. The molecule has 7 heteroatoms. The molecule has 1 heterocycles. The molecule has 1 rings (SSSR count). The number of rotatable bonds is 5. The molecule has 1 aromatic heterocycles. The Bertz CT molecular complexity index is 431. The molecule has 0 amide bonds. The van der Waals surface area contributed by atoms with Crippen molar-refractivity contribution in [1.82, 2.24) is 14.3 Å². The Morgan fingerprint density at radius 1 is 1.62 bits per heavy atom. The van der Waals surface area contributed by atoms with Crippen molar-refractivity contribution < 1.29 is 8.42 Å². The Hall–Kier alpha value is -0.920. The summed E-state index contributed by atoms with van der Waals surface area (Å²) in [5, 5.41) is 0.0529. The van der Waals surface area contributed by atoms with E-state index < -0.39 is 10.0 Å². The van der Waals surface area contributed by atoms with E-state index in [0.717, 1.165) is 0 Å². The molecule has 1 unspecified atom stereocenters. The van der Waals surface area contributed by atoms with Gasteiger partial charge in [0.2, 0.25) is 0 Å². The number of nitrogens with two attached hydrogens (primary N) is 1. The number of aryl methyl sites for hydroxylation is 2. The van der Waals surface area contributed by atoms with E-state index in [1.807, 2.05) is 6.92 Å². The first-order chi connectivity index (χ1) is 7.33. The predicted molar refractivity (Wildman–Crippen MR) is 61.4 cm³/mol. The van der Waals surface area contributed by atoms with Gasteiger partial charge in [-0.2, -0.15) is 0 Å².